The first-order valence-corrected chi connectivity index (χ1v) is 4.36. The maximum absolute atomic E-state index is 10.6. The molecule has 0 spiro atoms. The predicted octanol–water partition coefficient (Wildman–Crippen LogP) is 1.33. The summed E-state index contributed by atoms with van der Waals surface area (Å²) in [6.45, 7) is 7.76. The summed E-state index contributed by atoms with van der Waals surface area (Å²) in [7, 11) is 0. The standard InChI is InChI=1S/C9H19NO2/c1-5(2)6(3)8(10)7(4)9(11)12/h5-8H,10H2,1-4H3,(H,11,12)/t6-,7?,8-/m1/s1. The van der Waals surface area contributed by atoms with Crippen LogP contribution in [0, 0.1) is 17.8 Å². The summed E-state index contributed by atoms with van der Waals surface area (Å²) < 4.78 is 0. The van der Waals surface area contributed by atoms with E-state index < -0.39 is 11.9 Å². The fourth-order valence-electron chi connectivity index (χ4n) is 1.06. The van der Waals surface area contributed by atoms with Crippen LogP contribution in [0.5, 0.6) is 0 Å². The van der Waals surface area contributed by atoms with Crippen molar-refractivity contribution < 1.29 is 9.90 Å². The van der Waals surface area contributed by atoms with Gasteiger partial charge in [-0.15, -0.1) is 0 Å². The SMILES string of the molecule is CC(C)[C@@H](C)[C@@H](N)C(C)C(=O)O. The van der Waals surface area contributed by atoms with Gasteiger partial charge in [-0.25, -0.2) is 0 Å². The van der Waals surface area contributed by atoms with Crippen molar-refractivity contribution in [2.24, 2.45) is 23.5 Å². The van der Waals surface area contributed by atoms with E-state index in [9.17, 15) is 4.79 Å². The summed E-state index contributed by atoms with van der Waals surface area (Å²) in [5.74, 6) is -0.588. The Morgan fingerprint density at radius 1 is 1.25 bits per heavy atom. The topological polar surface area (TPSA) is 63.3 Å². The van der Waals surface area contributed by atoms with Gasteiger partial charge in [-0.2, -0.15) is 0 Å². The van der Waals surface area contributed by atoms with E-state index in [2.05, 4.69) is 13.8 Å². The number of carboxylic acids is 1. The van der Waals surface area contributed by atoms with Crippen LogP contribution >= 0.6 is 0 Å². The first-order chi connectivity index (χ1) is 5.37. The van der Waals surface area contributed by atoms with Gasteiger partial charge in [0.25, 0.3) is 0 Å². The van der Waals surface area contributed by atoms with Gasteiger partial charge < -0.3 is 10.8 Å². The fraction of sp³-hybridized carbons (Fsp3) is 0.889. The Bertz CT molecular complexity index is 157. The minimum atomic E-state index is -0.810. The summed E-state index contributed by atoms with van der Waals surface area (Å²) in [6.07, 6.45) is 0. The lowest BCUT2D eigenvalue weighted by atomic mass is 9.84. The zero-order valence-corrected chi connectivity index (χ0v) is 8.24. The van der Waals surface area contributed by atoms with Crippen LogP contribution in [0.3, 0.4) is 0 Å². The number of carbonyl (C=O) groups is 1. The van der Waals surface area contributed by atoms with Crippen LogP contribution in [0.2, 0.25) is 0 Å². The monoisotopic (exact) mass is 173 g/mol. The van der Waals surface area contributed by atoms with Crippen molar-refractivity contribution in [3.05, 3.63) is 0 Å². The van der Waals surface area contributed by atoms with Gasteiger partial charge in [-0.1, -0.05) is 27.7 Å². The Morgan fingerprint density at radius 3 is 1.92 bits per heavy atom. The molecule has 0 aromatic rings. The highest BCUT2D eigenvalue weighted by Gasteiger charge is 2.26. The molecule has 0 aromatic carbocycles. The molecule has 3 atom stereocenters. The van der Waals surface area contributed by atoms with Gasteiger partial charge in [-0.05, 0) is 11.8 Å². The first-order valence-electron chi connectivity index (χ1n) is 4.36. The Hall–Kier alpha value is -0.570. The van der Waals surface area contributed by atoms with Crippen LogP contribution in [0.15, 0.2) is 0 Å². The van der Waals surface area contributed by atoms with Crippen LogP contribution in [-0.4, -0.2) is 17.1 Å². The van der Waals surface area contributed by atoms with Crippen LogP contribution < -0.4 is 5.73 Å². The van der Waals surface area contributed by atoms with E-state index in [4.69, 9.17) is 10.8 Å². The molecular formula is C9H19NO2. The molecule has 72 valence electrons. The molecular weight excluding hydrogens is 154 g/mol. The third kappa shape index (κ3) is 2.81. The quantitative estimate of drug-likeness (QED) is 0.674. The second-order valence-electron chi connectivity index (χ2n) is 3.81. The number of nitrogens with two attached hydrogens (primary N) is 1. The van der Waals surface area contributed by atoms with E-state index in [1.54, 1.807) is 6.92 Å². The van der Waals surface area contributed by atoms with Crippen LogP contribution in [0.25, 0.3) is 0 Å². The fourth-order valence-corrected chi connectivity index (χ4v) is 1.06. The Kier molecular flexibility index (Phi) is 4.24. The maximum atomic E-state index is 10.6. The number of hydrogen-bond acceptors (Lipinski definition) is 2. The molecule has 0 aliphatic carbocycles. The Labute approximate surface area is 74.0 Å². The van der Waals surface area contributed by atoms with Gasteiger partial charge in [0.2, 0.25) is 0 Å². The molecule has 0 heterocycles. The van der Waals surface area contributed by atoms with Gasteiger partial charge in [0.05, 0.1) is 5.92 Å². The zero-order valence-electron chi connectivity index (χ0n) is 8.24. The first kappa shape index (κ1) is 11.4. The summed E-state index contributed by atoms with van der Waals surface area (Å²) in [6, 6.07) is -0.248. The summed E-state index contributed by atoms with van der Waals surface area (Å²) in [5.41, 5.74) is 5.78. The lowest BCUT2D eigenvalue weighted by molar-refractivity contribution is -0.142. The van der Waals surface area contributed by atoms with Gasteiger partial charge >= 0.3 is 5.97 Å². The van der Waals surface area contributed by atoms with Gasteiger partial charge in [0, 0.05) is 6.04 Å². The van der Waals surface area contributed by atoms with Crippen LogP contribution in [-0.2, 0) is 4.79 Å². The molecule has 1 unspecified atom stereocenters. The lowest BCUT2D eigenvalue weighted by Crippen LogP contribution is -2.40. The van der Waals surface area contributed by atoms with Gasteiger partial charge in [-0.3, -0.25) is 4.79 Å². The molecule has 3 heteroatoms. The highest BCUT2D eigenvalue weighted by Crippen LogP contribution is 2.18. The van der Waals surface area contributed by atoms with Crippen molar-refractivity contribution in [2.75, 3.05) is 0 Å². The lowest BCUT2D eigenvalue weighted by Gasteiger charge is -2.26. The van der Waals surface area contributed by atoms with Crippen molar-refractivity contribution in [3.63, 3.8) is 0 Å². The number of aliphatic carboxylic acids is 1. The molecule has 0 fully saturated rings. The predicted molar refractivity (Wildman–Crippen MR) is 48.8 cm³/mol. The smallest absolute Gasteiger partial charge is 0.307 e. The van der Waals surface area contributed by atoms with E-state index in [1.165, 1.54) is 0 Å². The molecule has 0 bridgehead atoms. The van der Waals surface area contributed by atoms with Crippen LogP contribution in [0.1, 0.15) is 27.7 Å². The van der Waals surface area contributed by atoms with E-state index in [-0.39, 0.29) is 12.0 Å². The number of hydrogen-bond donors (Lipinski definition) is 2. The normalized spacial score (nSPS) is 18.8. The molecule has 0 aliphatic rings. The van der Waals surface area contributed by atoms with Gasteiger partial charge in [0.1, 0.15) is 0 Å². The summed E-state index contributed by atoms with van der Waals surface area (Å²) in [4.78, 5) is 10.6. The summed E-state index contributed by atoms with van der Waals surface area (Å²) in [5, 5.41) is 8.70. The van der Waals surface area contributed by atoms with Crippen molar-refractivity contribution in [1.82, 2.24) is 0 Å². The Balaban J connectivity index is 4.18. The molecule has 3 N–H and O–H groups in total. The third-order valence-electron chi connectivity index (χ3n) is 2.63. The highest BCUT2D eigenvalue weighted by molar-refractivity contribution is 5.70. The summed E-state index contributed by atoms with van der Waals surface area (Å²) >= 11 is 0. The van der Waals surface area contributed by atoms with E-state index >= 15 is 0 Å². The third-order valence-corrected chi connectivity index (χ3v) is 2.63. The van der Waals surface area contributed by atoms with Crippen molar-refractivity contribution in [2.45, 2.75) is 33.7 Å². The highest BCUT2D eigenvalue weighted by atomic mass is 16.4. The average Bonchev–Trinajstić information content (AvgIpc) is 2.00. The second kappa shape index (κ2) is 4.45. The molecule has 0 radical (unpaired) electrons. The molecule has 0 saturated carbocycles. The van der Waals surface area contributed by atoms with E-state index in [0.717, 1.165) is 0 Å². The molecule has 3 nitrogen and oxygen atoms in total. The Morgan fingerprint density at radius 2 is 1.67 bits per heavy atom. The average molecular weight is 173 g/mol. The maximum Gasteiger partial charge on any atom is 0.307 e. The largest absolute Gasteiger partial charge is 0.481 e. The van der Waals surface area contributed by atoms with Gasteiger partial charge in [0.15, 0.2) is 0 Å². The van der Waals surface area contributed by atoms with E-state index in [1.807, 2.05) is 6.92 Å². The molecule has 0 saturated heterocycles. The molecule has 0 amide bonds. The van der Waals surface area contributed by atoms with Crippen LogP contribution in [0.4, 0.5) is 0 Å². The minimum absolute atomic E-state index is 0.246. The molecule has 12 heavy (non-hydrogen) atoms. The van der Waals surface area contributed by atoms with Crippen molar-refractivity contribution in [3.8, 4) is 0 Å². The van der Waals surface area contributed by atoms with E-state index in [0.29, 0.717) is 5.92 Å². The zero-order chi connectivity index (χ0) is 9.89. The van der Waals surface area contributed by atoms with Crippen molar-refractivity contribution >= 4 is 5.97 Å². The molecule has 0 aromatic heterocycles. The second-order valence-corrected chi connectivity index (χ2v) is 3.81. The molecule has 0 rings (SSSR count). The van der Waals surface area contributed by atoms with Crippen molar-refractivity contribution in [1.29, 1.82) is 0 Å². The molecule has 0 aliphatic heterocycles. The number of carboxylic acid groups (broad SMARTS) is 1. The minimum Gasteiger partial charge on any atom is -0.481 e. The number of rotatable bonds is 4.